The molecule has 0 N–H and O–H groups in total. The molecule has 0 fully saturated rings. The fourth-order valence-corrected chi connectivity index (χ4v) is 1.33. The first kappa shape index (κ1) is 13.3. The molecule has 0 bridgehead atoms. The van der Waals surface area contributed by atoms with Gasteiger partial charge in [-0.2, -0.15) is 0 Å². The minimum absolute atomic E-state index is 0.498. The summed E-state index contributed by atoms with van der Waals surface area (Å²) in [6.45, 7) is 0. The van der Waals surface area contributed by atoms with E-state index in [2.05, 4.69) is 0 Å². The van der Waals surface area contributed by atoms with Gasteiger partial charge in [0.05, 0.1) is 14.2 Å². The van der Waals surface area contributed by atoms with E-state index in [-0.39, 0.29) is 0 Å². The number of benzene rings is 1. The third kappa shape index (κ3) is 4.33. The van der Waals surface area contributed by atoms with Gasteiger partial charge < -0.3 is 9.47 Å². The first-order valence-corrected chi connectivity index (χ1v) is 5.31. The van der Waals surface area contributed by atoms with E-state index in [1.807, 2.05) is 24.3 Å². The van der Waals surface area contributed by atoms with Crippen molar-refractivity contribution in [1.29, 1.82) is 0 Å². The van der Waals surface area contributed by atoms with Crippen LogP contribution in [0.3, 0.4) is 0 Å². The van der Waals surface area contributed by atoms with Crippen molar-refractivity contribution in [2.45, 2.75) is 0 Å². The summed E-state index contributed by atoms with van der Waals surface area (Å²) in [5.74, 6) is 1.34. The Morgan fingerprint density at radius 2 is 1.88 bits per heavy atom. The van der Waals surface area contributed by atoms with Crippen LogP contribution in [0.5, 0.6) is 11.5 Å². The zero-order valence-electron chi connectivity index (χ0n) is 9.64. The van der Waals surface area contributed by atoms with E-state index in [4.69, 9.17) is 21.1 Å². The molecule has 0 aliphatic carbocycles. The number of hydrogen-bond acceptors (Lipinski definition) is 3. The molecule has 1 aromatic carbocycles. The molecule has 4 heteroatoms. The summed E-state index contributed by atoms with van der Waals surface area (Å²) in [6, 6.07) is 5.54. The highest BCUT2D eigenvalue weighted by atomic mass is 35.5. The molecule has 0 amide bonds. The van der Waals surface area contributed by atoms with E-state index in [1.54, 1.807) is 26.4 Å². The topological polar surface area (TPSA) is 35.5 Å². The molecule has 0 saturated heterocycles. The van der Waals surface area contributed by atoms with Crippen LogP contribution in [0, 0.1) is 0 Å². The van der Waals surface area contributed by atoms with E-state index in [9.17, 15) is 4.79 Å². The molecule has 3 nitrogen and oxygen atoms in total. The molecule has 0 aliphatic heterocycles. The lowest BCUT2D eigenvalue weighted by Crippen LogP contribution is -1.90. The van der Waals surface area contributed by atoms with Crippen molar-refractivity contribution >= 4 is 22.9 Å². The Morgan fingerprint density at radius 3 is 2.47 bits per heavy atom. The van der Waals surface area contributed by atoms with Crippen molar-refractivity contribution in [3.63, 3.8) is 0 Å². The molecular weight excluding hydrogens is 240 g/mol. The smallest absolute Gasteiger partial charge is 0.245 e. The number of methoxy groups -OCH3 is 2. The molecule has 1 aromatic rings. The fourth-order valence-electron chi connectivity index (χ4n) is 1.25. The summed E-state index contributed by atoms with van der Waals surface area (Å²) in [4.78, 5) is 10.4. The summed E-state index contributed by atoms with van der Waals surface area (Å²) < 4.78 is 10.3. The number of hydrogen-bond donors (Lipinski definition) is 0. The van der Waals surface area contributed by atoms with Gasteiger partial charge in [0, 0.05) is 0 Å². The molecular formula is C13H13ClO3. The van der Waals surface area contributed by atoms with Crippen LogP contribution in [-0.4, -0.2) is 19.5 Å². The van der Waals surface area contributed by atoms with Crippen molar-refractivity contribution in [3.05, 3.63) is 42.0 Å². The van der Waals surface area contributed by atoms with Gasteiger partial charge in [0.2, 0.25) is 5.24 Å². The van der Waals surface area contributed by atoms with Gasteiger partial charge in [0.25, 0.3) is 0 Å². The minimum atomic E-state index is -0.498. The standard InChI is InChI=1S/C13H13ClO3/c1-16-11-8-7-10(9-12(11)17-2)5-3-4-6-13(14)15/h3-9H,1-2H3/b5-3+,6-4+. The third-order valence-electron chi connectivity index (χ3n) is 2.03. The Kier molecular flexibility index (Phi) is 5.30. The number of halogens is 1. The molecule has 0 atom stereocenters. The number of allylic oxidation sites excluding steroid dienone is 3. The number of rotatable bonds is 5. The summed E-state index contributed by atoms with van der Waals surface area (Å²) in [5.41, 5.74) is 0.939. The van der Waals surface area contributed by atoms with Gasteiger partial charge in [0.15, 0.2) is 11.5 Å². The van der Waals surface area contributed by atoms with Crippen LogP contribution in [0.25, 0.3) is 6.08 Å². The summed E-state index contributed by atoms with van der Waals surface area (Å²) in [6.07, 6.45) is 6.41. The quantitative estimate of drug-likeness (QED) is 0.459. The number of carbonyl (C=O) groups excluding carboxylic acids is 1. The Morgan fingerprint density at radius 1 is 1.18 bits per heavy atom. The minimum Gasteiger partial charge on any atom is -0.493 e. The Bertz CT molecular complexity index is 450. The van der Waals surface area contributed by atoms with Crippen molar-refractivity contribution in [1.82, 2.24) is 0 Å². The molecule has 0 heterocycles. The van der Waals surface area contributed by atoms with Crippen molar-refractivity contribution in [3.8, 4) is 11.5 Å². The molecule has 0 saturated carbocycles. The lowest BCUT2D eigenvalue weighted by atomic mass is 10.2. The first-order valence-electron chi connectivity index (χ1n) is 4.93. The van der Waals surface area contributed by atoms with Gasteiger partial charge in [-0.05, 0) is 35.4 Å². The Balaban J connectivity index is 2.82. The van der Waals surface area contributed by atoms with Crippen molar-refractivity contribution in [2.75, 3.05) is 14.2 Å². The second kappa shape index (κ2) is 6.76. The third-order valence-corrected chi connectivity index (χ3v) is 2.16. The maximum Gasteiger partial charge on any atom is 0.245 e. The predicted octanol–water partition coefficient (Wildman–Crippen LogP) is 3.04. The average molecular weight is 253 g/mol. The van der Waals surface area contributed by atoms with Crippen molar-refractivity contribution < 1.29 is 14.3 Å². The van der Waals surface area contributed by atoms with Crippen molar-refractivity contribution in [2.24, 2.45) is 0 Å². The molecule has 0 aliphatic rings. The molecule has 1 rings (SSSR count). The first-order chi connectivity index (χ1) is 8.17. The van der Waals surface area contributed by atoms with E-state index in [1.165, 1.54) is 6.08 Å². The summed E-state index contributed by atoms with van der Waals surface area (Å²) in [5, 5.41) is -0.498. The van der Waals surface area contributed by atoms with Crippen LogP contribution in [0.4, 0.5) is 0 Å². The summed E-state index contributed by atoms with van der Waals surface area (Å²) in [7, 11) is 3.17. The summed E-state index contributed by atoms with van der Waals surface area (Å²) >= 11 is 5.15. The second-order valence-electron chi connectivity index (χ2n) is 3.14. The molecule has 0 spiro atoms. The fraction of sp³-hybridized carbons (Fsp3) is 0.154. The van der Waals surface area contributed by atoms with Gasteiger partial charge in [-0.15, -0.1) is 0 Å². The van der Waals surface area contributed by atoms with Crippen LogP contribution in [0.15, 0.2) is 36.4 Å². The SMILES string of the molecule is COc1ccc(/C=C/C=C/C(=O)Cl)cc1OC. The van der Waals surface area contributed by atoms with Crippen LogP contribution >= 0.6 is 11.6 Å². The van der Waals surface area contributed by atoms with E-state index in [0.29, 0.717) is 11.5 Å². The van der Waals surface area contributed by atoms with Gasteiger partial charge in [-0.1, -0.05) is 24.3 Å². The molecule has 0 aromatic heterocycles. The Labute approximate surface area is 105 Å². The monoisotopic (exact) mass is 252 g/mol. The lowest BCUT2D eigenvalue weighted by molar-refractivity contribution is -0.107. The highest BCUT2D eigenvalue weighted by molar-refractivity contribution is 6.66. The predicted molar refractivity (Wildman–Crippen MR) is 68.6 cm³/mol. The van der Waals surface area contributed by atoms with Crippen LogP contribution < -0.4 is 9.47 Å². The maximum absolute atomic E-state index is 10.4. The normalized spacial score (nSPS) is 11.0. The van der Waals surface area contributed by atoms with Gasteiger partial charge in [-0.3, -0.25) is 4.79 Å². The van der Waals surface area contributed by atoms with Crippen LogP contribution in [0.1, 0.15) is 5.56 Å². The van der Waals surface area contributed by atoms with Crippen LogP contribution in [-0.2, 0) is 4.79 Å². The largest absolute Gasteiger partial charge is 0.493 e. The van der Waals surface area contributed by atoms with E-state index < -0.39 is 5.24 Å². The highest BCUT2D eigenvalue weighted by Gasteiger charge is 2.01. The van der Waals surface area contributed by atoms with Gasteiger partial charge in [-0.25, -0.2) is 0 Å². The van der Waals surface area contributed by atoms with E-state index >= 15 is 0 Å². The number of ether oxygens (including phenoxy) is 2. The maximum atomic E-state index is 10.4. The van der Waals surface area contributed by atoms with Crippen LogP contribution in [0.2, 0.25) is 0 Å². The molecule has 17 heavy (non-hydrogen) atoms. The Hall–Kier alpha value is -1.74. The molecule has 90 valence electrons. The highest BCUT2D eigenvalue weighted by Crippen LogP contribution is 2.27. The number of carbonyl (C=O) groups is 1. The average Bonchev–Trinajstić information content (AvgIpc) is 2.34. The molecule has 0 unspecified atom stereocenters. The molecule has 0 radical (unpaired) electrons. The zero-order chi connectivity index (χ0) is 12.7. The second-order valence-corrected chi connectivity index (χ2v) is 3.51. The van der Waals surface area contributed by atoms with E-state index in [0.717, 1.165) is 5.56 Å². The zero-order valence-corrected chi connectivity index (χ0v) is 10.4. The lowest BCUT2D eigenvalue weighted by Gasteiger charge is -2.07. The van der Waals surface area contributed by atoms with Gasteiger partial charge in [0.1, 0.15) is 0 Å². The van der Waals surface area contributed by atoms with Gasteiger partial charge >= 0.3 is 0 Å².